The van der Waals surface area contributed by atoms with Crippen molar-refractivity contribution in [2.45, 2.75) is 25.8 Å². The monoisotopic (exact) mass is 329 g/mol. The number of anilines is 1. The van der Waals surface area contributed by atoms with Crippen molar-refractivity contribution >= 4 is 29.0 Å². The molecule has 0 unspecified atom stereocenters. The van der Waals surface area contributed by atoms with E-state index < -0.39 is 0 Å². The van der Waals surface area contributed by atoms with Gasteiger partial charge in [0.2, 0.25) is 11.8 Å². The van der Waals surface area contributed by atoms with E-state index in [4.69, 9.17) is 0 Å². The van der Waals surface area contributed by atoms with E-state index in [1.807, 2.05) is 36.6 Å². The van der Waals surface area contributed by atoms with Gasteiger partial charge in [-0.25, -0.2) is 4.98 Å². The van der Waals surface area contributed by atoms with Gasteiger partial charge >= 0.3 is 0 Å². The normalized spacial score (nSPS) is 21.3. The third kappa shape index (κ3) is 3.27. The van der Waals surface area contributed by atoms with Gasteiger partial charge in [-0.05, 0) is 42.5 Å². The maximum Gasteiger partial charge on any atom is 0.231 e. The summed E-state index contributed by atoms with van der Waals surface area (Å²) in [5, 5.41) is 4.87. The molecule has 2 atom stereocenters. The third-order valence-electron chi connectivity index (χ3n) is 4.20. The van der Waals surface area contributed by atoms with Crippen LogP contribution in [0.1, 0.15) is 29.3 Å². The lowest BCUT2D eigenvalue weighted by molar-refractivity contribution is -0.140. The SMILES string of the molecule is Cc1ccnc(NC(=O)[C@@H]2CCC(=O)N(C)[C@H]2c2cccs2)c1. The van der Waals surface area contributed by atoms with Crippen molar-refractivity contribution < 1.29 is 9.59 Å². The average molecular weight is 329 g/mol. The highest BCUT2D eigenvalue weighted by Gasteiger charge is 2.39. The highest BCUT2D eigenvalue weighted by Crippen LogP contribution is 2.38. The molecule has 3 heterocycles. The summed E-state index contributed by atoms with van der Waals surface area (Å²) in [6, 6.07) is 7.45. The topological polar surface area (TPSA) is 62.3 Å². The van der Waals surface area contributed by atoms with Gasteiger partial charge in [0.15, 0.2) is 0 Å². The number of piperidine rings is 1. The van der Waals surface area contributed by atoms with Gasteiger partial charge < -0.3 is 10.2 Å². The first-order valence-corrected chi connectivity index (χ1v) is 8.47. The molecule has 2 aromatic heterocycles. The lowest BCUT2D eigenvalue weighted by Gasteiger charge is -2.37. The maximum atomic E-state index is 12.8. The van der Waals surface area contributed by atoms with Gasteiger partial charge in [0.1, 0.15) is 5.82 Å². The molecule has 0 aliphatic carbocycles. The molecule has 1 N–H and O–H groups in total. The van der Waals surface area contributed by atoms with E-state index in [0.717, 1.165) is 10.4 Å². The quantitative estimate of drug-likeness (QED) is 0.941. The molecule has 1 saturated heterocycles. The Hall–Kier alpha value is -2.21. The van der Waals surface area contributed by atoms with Gasteiger partial charge in [0.05, 0.1) is 12.0 Å². The molecule has 0 spiro atoms. The van der Waals surface area contributed by atoms with Crippen LogP contribution in [0.15, 0.2) is 35.8 Å². The fourth-order valence-corrected chi connectivity index (χ4v) is 3.92. The summed E-state index contributed by atoms with van der Waals surface area (Å²) in [7, 11) is 1.77. The largest absolute Gasteiger partial charge is 0.337 e. The number of thiophene rings is 1. The highest BCUT2D eigenvalue weighted by molar-refractivity contribution is 7.10. The molecular weight excluding hydrogens is 310 g/mol. The Balaban J connectivity index is 1.84. The summed E-state index contributed by atoms with van der Waals surface area (Å²) in [6.45, 7) is 1.96. The zero-order chi connectivity index (χ0) is 16.4. The number of carbonyl (C=O) groups is 2. The van der Waals surface area contributed by atoms with Crippen LogP contribution in [0.2, 0.25) is 0 Å². The molecule has 0 bridgehead atoms. The second-order valence-corrected chi connectivity index (χ2v) is 6.80. The molecule has 5 nitrogen and oxygen atoms in total. The third-order valence-corrected chi connectivity index (χ3v) is 5.14. The number of nitrogens with one attached hydrogen (secondary N) is 1. The van der Waals surface area contributed by atoms with Gasteiger partial charge in [-0.15, -0.1) is 11.3 Å². The number of pyridine rings is 1. The zero-order valence-electron chi connectivity index (χ0n) is 13.2. The van der Waals surface area contributed by atoms with Crippen LogP contribution in [0, 0.1) is 12.8 Å². The predicted molar refractivity (Wildman–Crippen MR) is 90.2 cm³/mol. The number of likely N-dealkylation sites (tertiary alicyclic amines) is 1. The van der Waals surface area contributed by atoms with Gasteiger partial charge in [-0.1, -0.05) is 6.07 Å². The maximum absolute atomic E-state index is 12.8. The Bertz CT molecular complexity index is 714. The van der Waals surface area contributed by atoms with Crippen LogP contribution < -0.4 is 5.32 Å². The zero-order valence-corrected chi connectivity index (χ0v) is 14.0. The summed E-state index contributed by atoms with van der Waals surface area (Å²) < 4.78 is 0. The van der Waals surface area contributed by atoms with E-state index in [0.29, 0.717) is 18.7 Å². The van der Waals surface area contributed by atoms with Crippen molar-refractivity contribution in [3.05, 3.63) is 46.3 Å². The van der Waals surface area contributed by atoms with Gasteiger partial charge in [0, 0.05) is 24.5 Å². The number of carbonyl (C=O) groups excluding carboxylic acids is 2. The van der Waals surface area contributed by atoms with Crippen LogP contribution in [0.3, 0.4) is 0 Å². The molecule has 1 fully saturated rings. The average Bonchev–Trinajstić information content (AvgIpc) is 3.03. The minimum absolute atomic E-state index is 0.0825. The Kier molecular flexibility index (Phi) is 4.43. The van der Waals surface area contributed by atoms with Crippen molar-refractivity contribution in [1.82, 2.24) is 9.88 Å². The second kappa shape index (κ2) is 6.50. The van der Waals surface area contributed by atoms with E-state index >= 15 is 0 Å². The molecule has 0 radical (unpaired) electrons. The van der Waals surface area contributed by atoms with Gasteiger partial charge in [-0.2, -0.15) is 0 Å². The van der Waals surface area contributed by atoms with E-state index in [2.05, 4.69) is 10.3 Å². The number of aromatic nitrogens is 1. The number of aryl methyl sites for hydroxylation is 1. The van der Waals surface area contributed by atoms with Crippen molar-refractivity contribution in [2.75, 3.05) is 12.4 Å². The van der Waals surface area contributed by atoms with Crippen molar-refractivity contribution in [3.63, 3.8) is 0 Å². The van der Waals surface area contributed by atoms with E-state index in [1.54, 1.807) is 29.5 Å². The predicted octanol–water partition coefficient (Wildman–Crippen LogP) is 3.00. The molecule has 120 valence electrons. The van der Waals surface area contributed by atoms with Crippen molar-refractivity contribution in [1.29, 1.82) is 0 Å². The van der Waals surface area contributed by atoms with Crippen molar-refractivity contribution in [2.24, 2.45) is 5.92 Å². The lowest BCUT2D eigenvalue weighted by atomic mass is 9.87. The molecule has 1 aliphatic heterocycles. The minimum atomic E-state index is -0.265. The van der Waals surface area contributed by atoms with Crippen molar-refractivity contribution in [3.8, 4) is 0 Å². The molecule has 3 rings (SSSR count). The molecule has 6 heteroatoms. The van der Waals surface area contributed by atoms with Crippen LogP contribution in [0.5, 0.6) is 0 Å². The molecule has 23 heavy (non-hydrogen) atoms. The smallest absolute Gasteiger partial charge is 0.231 e. The van der Waals surface area contributed by atoms with Gasteiger partial charge in [-0.3, -0.25) is 9.59 Å². The van der Waals surface area contributed by atoms with E-state index in [1.165, 1.54) is 0 Å². The molecule has 0 saturated carbocycles. The lowest BCUT2D eigenvalue weighted by Crippen LogP contribution is -2.44. The summed E-state index contributed by atoms with van der Waals surface area (Å²) in [5.41, 5.74) is 1.04. The number of hydrogen-bond acceptors (Lipinski definition) is 4. The Morgan fingerprint density at radius 3 is 2.96 bits per heavy atom. The van der Waals surface area contributed by atoms with E-state index in [9.17, 15) is 9.59 Å². The first kappa shape index (κ1) is 15.7. The van der Waals surface area contributed by atoms with Crippen LogP contribution in [0.25, 0.3) is 0 Å². The highest BCUT2D eigenvalue weighted by atomic mass is 32.1. The molecule has 2 aromatic rings. The molecule has 0 aromatic carbocycles. The summed E-state index contributed by atoms with van der Waals surface area (Å²) >= 11 is 1.58. The summed E-state index contributed by atoms with van der Waals surface area (Å²) in [5.74, 6) is 0.292. The van der Waals surface area contributed by atoms with Crippen LogP contribution in [-0.4, -0.2) is 28.7 Å². The molecular formula is C17H19N3O2S. The fourth-order valence-electron chi connectivity index (χ4n) is 2.98. The number of hydrogen-bond donors (Lipinski definition) is 1. The Labute approximate surface area is 139 Å². The van der Waals surface area contributed by atoms with Crippen LogP contribution in [0.4, 0.5) is 5.82 Å². The molecule has 1 aliphatic rings. The Morgan fingerprint density at radius 1 is 1.43 bits per heavy atom. The number of rotatable bonds is 3. The number of nitrogens with zero attached hydrogens (tertiary/aromatic N) is 2. The van der Waals surface area contributed by atoms with Crippen LogP contribution in [-0.2, 0) is 9.59 Å². The second-order valence-electron chi connectivity index (χ2n) is 5.82. The number of amides is 2. The fraction of sp³-hybridized carbons (Fsp3) is 0.353. The first-order chi connectivity index (χ1) is 11.1. The Morgan fingerprint density at radius 2 is 2.26 bits per heavy atom. The first-order valence-electron chi connectivity index (χ1n) is 7.59. The summed E-state index contributed by atoms with van der Waals surface area (Å²) in [6.07, 6.45) is 2.64. The standard InChI is InChI=1S/C17H19N3O2S/c1-11-7-8-18-14(10-11)19-17(22)12-5-6-15(21)20(2)16(12)13-4-3-9-23-13/h3-4,7-10,12,16H,5-6H2,1-2H3,(H,18,19,22)/t12-,16-/m1/s1. The van der Waals surface area contributed by atoms with E-state index in [-0.39, 0.29) is 23.8 Å². The summed E-state index contributed by atoms with van der Waals surface area (Å²) in [4.78, 5) is 31.7. The molecule has 2 amide bonds. The minimum Gasteiger partial charge on any atom is -0.337 e. The van der Waals surface area contributed by atoms with Crippen LogP contribution >= 0.6 is 11.3 Å². The van der Waals surface area contributed by atoms with Gasteiger partial charge in [0.25, 0.3) is 0 Å².